The molecule has 0 spiro atoms. The van der Waals surface area contributed by atoms with E-state index in [0.717, 1.165) is 42.9 Å². The molecule has 2 aromatic carbocycles. The Hall–Kier alpha value is -2.43. The van der Waals surface area contributed by atoms with Gasteiger partial charge in [-0.1, -0.05) is 25.5 Å². The van der Waals surface area contributed by atoms with E-state index in [2.05, 4.69) is 54.1 Å². The summed E-state index contributed by atoms with van der Waals surface area (Å²) in [6.45, 7) is 6.62. The van der Waals surface area contributed by atoms with E-state index in [1.807, 2.05) is 12.1 Å². The molecule has 0 radical (unpaired) electrons. The van der Waals surface area contributed by atoms with Gasteiger partial charge in [0, 0.05) is 17.9 Å². The van der Waals surface area contributed by atoms with E-state index in [1.54, 1.807) is 0 Å². The number of benzene rings is 2. The number of aryl methyl sites for hydroxylation is 1. The quantitative estimate of drug-likeness (QED) is 0.660. The van der Waals surface area contributed by atoms with Crippen LogP contribution in [0, 0.1) is 12.7 Å². The minimum absolute atomic E-state index is 0.175. The Labute approximate surface area is 166 Å². The summed E-state index contributed by atoms with van der Waals surface area (Å²) in [6, 6.07) is 17.9. The molecule has 3 aromatic rings. The molecule has 4 rings (SSSR count). The van der Waals surface area contributed by atoms with Crippen LogP contribution in [0.3, 0.4) is 0 Å². The molecule has 1 aliphatic rings. The fourth-order valence-corrected chi connectivity index (χ4v) is 4.01. The van der Waals surface area contributed by atoms with Crippen molar-refractivity contribution in [2.24, 2.45) is 0 Å². The van der Waals surface area contributed by atoms with E-state index >= 15 is 0 Å². The topological polar surface area (TPSA) is 26.2 Å². The van der Waals surface area contributed by atoms with Gasteiger partial charge in [0.1, 0.15) is 5.82 Å². The number of hydrogen-bond donors (Lipinski definition) is 1. The van der Waals surface area contributed by atoms with Crippen LogP contribution < -0.4 is 5.32 Å². The molecule has 0 saturated carbocycles. The lowest BCUT2D eigenvalue weighted by molar-refractivity contribution is 0.0767. The molecule has 28 heavy (non-hydrogen) atoms. The standard InChI is InChI=1S/C24H27FN2O/c1-3-4-18-5-11-21(12-6-18)27-17(2)22(23-16-28-14-13-26-23)15-24(27)19-7-9-20(25)10-8-19/h5-12,15,23,26H,3-4,13-14,16H2,1-2H3. The minimum Gasteiger partial charge on any atom is -0.378 e. The molecule has 4 heteroatoms. The molecule has 1 fully saturated rings. The molecular formula is C24H27FN2O. The fraction of sp³-hybridized carbons (Fsp3) is 0.333. The van der Waals surface area contributed by atoms with Gasteiger partial charge in [-0.25, -0.2) is 4.39 Å². The summed E-state index contributed by atoms with van der Waals surface area (Å²) >= 11 is 0. The number of hydrogen-bond acceptors (Lipinski definition) is 2. The van der Waals surface area contributed by atoms with Gasteiger partial charge < -0.3 is 14.6 Å². The maximum atomic E-state index is 13.5. The molecular weight excluding hydrogens is 351 g/mol. The molecule has 1 saturated heterocycles. The van der Waals surface area contributed by atoms with Crippen LogP contribution in [0.1, 0.15) is 36.2 Å². The van der Waals surface area contributed by atoms with Crippen LogP contribution >= 0.6 is 0 Å². The Morgan fingerprint density at radius 3 is 2.50 bits per heavy atom. The third kappa shape index (κ3) is 3.75. The number of nitrogens with one attached hydrogen (secondary N) is 1. The lowest BCUT2D eigenvalue weighted by Gasteiger charge is -2.24. The van der Waals surface area contributed by atoms with Crippen molar-refractivity contribution in [1.82, 2.24) is 9.88 Å². The zero-order chi connectivity index (χ0) is 19.5. The molecule has 1 N–H and O–H groups in total. The second kappa shape index (κ2) is 8.29. The maximum absolute atomic E-state index is 13.5. The summed E-state index contributed by atoms with van der Waals surface area (Å²) in [7, 11) is 0. The summed E-state index contributed by atoms with van der Waals surface area (Å²) < 4.78 is 21.4. The highest BCUT2D eigenvalue weighted by atomic mass is 19.1. The highest BCUT2D eigenvalue weighted by Gasteiger charge is 2.23. The van der Waals surface area contributed by atoms with Gasteiger partial charge in [-0.3, -0.25) is 0 Å². The number of nitrogens with zero attached hydrogens (tertiary/aromatic N) is 1. The lowest BCUT2D eigenvalue weighted by Crippen LogP contribution is -2.34. The Morgan fingerprint density at radius 1 is 1.11 bits per heavy atom. The van der Waals surface area contributed by atoms with Crippen LogP contribution in [0.2, 0.25) is 0 Å². The van der Waals surface area contributed by atoms with E-state index in [-0.39, 0.29) is 11.9 Å². The Kier molecular flexibility index (Phi) is 5.60. The van der Waals surface area contributed by atoms with Crippen molar-refractivity contribution in [3.8, 4) is 16.9 Å². The maximum Gasteiger partial charge on any atom is 0.123 e. The van der Waals surface area contributed by atoms with Gasteiger partial charge in [-0.2, -0.15) is 0 Å². The van der Waals surface area contributed by atoms with Crippen molar-refractivity contribution in [1.29, 1.82) is 0 Å². The number of halogens is 1. The van der Waals surface area contributed by atoms with Gasteiger partial charge in [-0.05, 0) is 72.5 Å². The summed E-state index contributed by atoms with van der Waals surface area (Å²) in [5.41, 5.74) is 6.97. The van der Waals surface area contributed by atoms with Crippen LogP contribution in [0.15, 0.2) is 54.6 Å². The van der Waals surface area contributed by atoms with Gasteiger partial charge in [-0.15, -0.1) is 0 Å². The molecule has 2 heterocycles. The van der Waals surface area contributed by atoms with Crippen molar-refractivity contribution < 1.29 is 9.13 Å². The van der Waals surface area contributed by atoms with Crippen LogP contribution in [0.5, 0.6) is 0 Å². The van der Waals surface area contributed by atoms with E-state index in [0.29, 0.717) is 6.61 Å². The summed E-state index contributed by atoms with van der Waals surface area (Å²) in [5.74, 6) is -0.218. The normalized spacial score (nSPS) is 17.0. The summed E-state index contributed by atoms with van der Waals surface area (Å²) in [4.78, 5) is 0. The van der Waals surface area contributed by atoms with Crippen molar-refractivity contribution in [2.45, 2.75) is 32.7 Å². The van der Waals surface area contributed by atoms with Gasteiger partial charge in [0.05, 0.1) is 24.9 Å². The van der Waals surface area contributed by atoms with Crippen LogP contribution in [0.4, 0.5) is 4.39 Å². The van der Waals surface area contributed by atoms with E-state index in [9.17, 15) is 4.39 Å². The second-order valence-electron chi connectivity index (χ2n) is 7.41. The monoisotopic (exact) mass is 378 g/mol. The van der Waals surface area contributed by atoms with Gasteiger partial charge in [0.2, 0.25) is 0 Å². The molecule has 3 nitrogen and oxygen atoms in total. The average Bonchev–Trinajstić information content (AvgIpc) is 3.07. The number of ether oxygens (including phenoxy) is 1. The summed E-state index contributed by atoms with van der Waals surface area (Å²) in [5, 5.41) is 3.56. The minimum atomic E-state index is -0.218. The molecule has 0 bridgehead atoms. The van der Waals surface area contributed by atoms with Crippen molar-refractivity contribution in [3.05, 3.63) is 77.2 Å². The van der Waals surface area contributed by atoms with Crippen LogP contribution in [0.25, 0.3) is 16.9 Å². The van der Waals surface area contributed by atoms with Crippen LogP contribution in [-0.4, -0.2) is 24.3 Å². The van der Waals surface area contributed by atoms with Crippen molar-refractivity contribution in [2.75, 3.05) is 19.8 Å². The van der Waals surface area contributed by atoms with E-state index in [1.165, 1.54) is 29.0 Å². The molecule has 1 atom stereocenters. The average molecular weight is 378 g/mol. The Morgan fingerprint density at radius 2 is 1.86 bits per heavy atom. The highest BCUT2D eigenvalue weighted by Crippen LogP contribution is 2.33. The first kappa shape index (κ1) is 18.9. The lowest BCUT2D eigenvalue weighted by atomic mass is 10.1. The molecule has 146 valence electrons. The predicted molar refractivity (Wildman–Crippen MR) is 111 cm³/mol. The molecule has 0 amide bonds. The predicted octanol–water partition coefficient (Wildman–Crippen LogP) is 5.21. The Balaban J connectivity index is 1.82. The largest absolute Gasteiger partial charge is 0.378 e. The van der Waals surface area contributed by atoms with Crippen molar-refractivity contribution in [3.63, 3.8) is 0 Å². The summed E-state index contributed by atoms with van der Waals surface area (Å²) in [6.07, 6.45) is 2.23. The van der Waals surface area contributed by atoms with E-state index in [4.69, 9.17) is 4.74 Å². The SMILES string of the molecule is CCCc1ccc(-n2c(-c3ccc(F)cc3)cc(C3COCCN3)c2C)cc1. The van der Waals surface area contributed by atoms with Gasteiger partial charge in [0.15, 0.2) is 0 Å². The highest BCUT2D eigenvalue weighted by molar-refractivity contribution is 5.66. The van der Waals surface area contributed by atoms with Crippen molar-refractivity contribution >= 4 is 0 Å². The number of rotatable bonds is 5. The number of morpholine rings is 1. The third-order valence-corrected chi connectivity index (χ3v) is 5.46. The second-order valence-corrected chi connectivity index (χ2v) is 7.41. The first-order chi connectivity index (χ1) is 13.7. The van der Waals surface area contributed by atoms with Gasteiger partial charge in [0.25, 0.3) is 0 Å². The number of aromatic nitrogens is 1. The first-order valence-electron chi connectivity index (χ1n) is 10.1. The molecule has 0 aliphatic carbocycles. The third-order valence-electron chi connectivity index (χ3n) is 5.46. The van der Waals surface area contributed by atoms with Gasteiger partial charge >= 0.3 is 0 Å². The van der Waals surface area contributed by atoms with Crippen LogP contribution in [-0.2, 0) is 11.2 Å². The Bertz CT molecular complexity index is 922. The first-order valence-corrected chi connectivity index (χ1v) is 10.1. The fourth-order valence-electron chi connectivity index (χ4n) is 4.01. The zero-order valence-corrected chi connectivity index (χ0v) is 16.5. The molecule has 1 unspecified atom stereocenters. The zero-order valence-electron chi connectivity index (χ0n) is 16.5. The molecule has 1 aliphatic heterocycles. The smallest absolute Gasteiger partial charge is 0.123 e. The molecule has 1 aromatic heterocycles. The van der Waals surface area contributed by atoms with E-state index < -0.39 is 0 Å².